The predicted octanol–water partition coefficient (Wildman–Crippen LogP) is 5.30. The Morgan fingerprint density at radius 2 is 2.13 bits per heavy atom. The molecule has 1 aliphatic carbocycles. The molecule has 4 rings (SSSR count). The van der Waals surface area contributed by atoms with E-state index < -0.39 is 0 Å². The number of carbonyl (C=O) groups excluding carboxylic acids is 1. The summed E-state index contributed by atoms with van der Waals surface area (Å²) in [5.74, 6) is 1.40. The predicted molar refractivity (Wildman–Crippen MR) is 116 cm³/mol. The van der Waals surface area contributed by atoms with Gasteiger partial charge in [0.15, 0.2) is 0 Å². The molecule has 30 heavy (non-hydrogen) atoms. The van der Waals surface area contributed by atoms with Crippen LogP contribution in [0, 0.1) is 18.3 Å². The topological polar surface area (TPSA) is 87.9 Å². The summed E-state index contributed by atoms with van der Waals surface area (Å²) in [7, 11) is 0. The molecule has 1 aromatic carbocycles. The van der Waals surface area contributed by atoms with Gasteiger partial charge in [0.2, 0.25) is 0 Å². The number of carbonyl (C=O) groups is 1. The molecule has 3 aromatic rings. The molecule has 2 aromatic heterocycles. The molecule has 150 valence electrons. The second-order valence-electron chi connectivity index (χ2n) is 7.09. The van der Waals surface area contributed by atoms with E-state index in [4.69, 9.17) is 4.74 Å². The number of amides is 1. The van der Waals surface area contributed by atoms with Crippen LogP contribution in [0.4, 0.5) is 5.69 Å². The van der Waals surface area contributed by atoms with Gasteiger partial charge in [-0.15, -0.1) is 11.8 Å². The van der Waals surface area contributed by atoms with Gasteiger partial charge in [-0.1, -0.05) is 0 Å². The average molecular weight is 417 g/mol. The highest BCUT2D eigenvalue weighted by Crippen LogP contribution is 2.40. The van der Waals surface area contributed by atoms with Crippen molar-refractivity contribution >= 4 is 23.4 Å². The lowest BCUT2D eigenvalue weighted by atomic mass is 10.1. The average Bonchev–Trinajstić information content (AvgIpc) is 3.61. The summed E-state index contributed by atoms with van der Waals surface area (Å²) >= 11 is 1.39. The first-order valence-electron chi connectivity index (χ1n) is 9.58. The summed E-state index contributed by atoms with van der Waals surface area (Å²) in [6, 6.07) is 13.0. The maximum atomic E-state index is 13.0. The van der Waals surface area contributed by atoms with Gasteiger partial charge in [0.25, 0.3) is 5.91 Å². The van der Waals surface area contributed by atoms with E-state index in [1.54, 1.807) is 36.7 Å². The number of nitrogens with zero attached hydrogens (tertiary/aromatic N) is 3. The highest BCUT2D eigenvalue weighted by atomic mass is 32.2. The van der Waals surface area contributed by atoms with E-state index in [2.05, 4.69) is 21.4 Å². The zero-order chi connectivity index (χ0) is 21.1. The van der Waals surface area contributed by atoms with E-state index in [1.165, 1.54) is 11.8 Å². The first-order chi connectivity index (χ1) is 14.6. The highest BCUT2D eigenvalue weighted by Gasteiger charge is 2.28. The maximum absolute atomic E-state index is 13.0. The Hall–Kier alpha value is -3.37. The van der Waals surface area contributed by atoms with E-state index >= 15 is 0 Å². The Labute approximate surface area is 179 Å². The van der Waals surface area contributed by atoms with Crippen LogP contribution in [-0.2, 0) is 0 Å². The zero-order valence-corrected chi connectivity index (χ0v) is 17.5. The number of hydrogen-bond donors (Lipinski definition) is 1. The Bertz CT molecular complexity index is 1140. The van der Waals surface area contributed by atoms with Gasteiger partial charge in [0.05, 0.1) is 17.3 Å². The number of nitriles is 1. The van der Waals surface area contributed by atoms with Crippen molar-refractivity contribution in [2.24, 2.45) is 0 Å². The van der Waals surface area contributed by atoms with Gasteiger partial charge in [-0.05, 0) is 68.0 Å². The molecule has 0 aliphatic heterocycles. The Morgan fingerprint density at radius 1 is 1.30 bits per heavy atom. The SMILES string of the molecule is CSc1nc(C2CC2)cc(C(=O)Nc2ccc(Oc3cccnc3)c(C)c2)c1C#N. The second kappa shape index (κ2) is 8.56. The number of ether oxygens (including phenoxy) is 1. The molecule has 2 heterocycles. The molecule has 1 N–H and O–H groups in total. The second-order valence-corrected chi connectivity index (χ2v) is 7.89. The number of thioether (sulfide) groups is 1. The Morgan fingerprint density at radius 3 is 2.77 bits per heavy atom. The summed E-state index contributed by atoms with van der Waals surface area (Å²) in [5, 5.41) is 13.1. The van der Waals surface area contributed by atoms with E-state index in [1.807, 2.05) is 25.3 Å². The van der Waals surface area contributed by atoms with Crippen LogP contribution in [0.25, 0.3) is 0 Å². The number of pyridine rings is 2. The highest BCUT2D eigenvalue weighted by molar-refractivity contribution is 7.98. The number of benzene rings is 1. The summed E-state index contributed by atoms with van der Waals surface area (Å²) in [6.45, 7) is 1.91. The molecular weight excluding hydrogens is 396 g/mol. The van der Waals surface area contributed by atoms with Crippen molar-refractivity contribution in [3.8, 4) is 17.6 Å². The van der Waals surface area contributed by atoms with Gasteiger partial charge in [-0.25, -0.2) is 4.98 Å². The van der Waals surface area contributed by atoms with Crippen LogP contribution >= 0.6 is 11.8 Å². The summed E-state index contributed by atoms with van der Waals surface area (Å²) in [4.78, 5) is 21.6. The van der Waals surface area contributed by atoms with Crippen LogP contribution in [0.1, 0.15) is 45.9 Å². The normalized spacial score (nSPS) is 12.8. The molecule has 1 saturated carbocycles. The molecule has 1 aliphatic rings. The van der Waals surface area contributed by atoms with E-state index in [0.29, 0.717) is 39.3 Å². The van der Waals surface area contributed by atoms with Gasteiger partial charge >= 0.3 is 0 Å². The molecule has 0 radical (unpaired) electrons. The number of aryl methyl sites for hydroxylation is 1. The zero-order valence-electron chi connectivity index (χ0n) is 16.7. The fourth-order valence-electron chi connectivity index (χ4n) is 3.14. The number of aromatic nitrogens is 2. The molecule has 0 saturated heterocycles. The van der Waals surface area contributed by atoms with Crippen molar-refractivity contribution < 1.29 is 9.53 Å². The van der Waals surface area contributed by atoms with Gasteiger partial charge in [0, 0.05) is 23.5 Å². The third-order valence-corrected chi connectivity index (χ3v) is 5.53. The number of rotatable bonds is 6. The number of anilines is 1. The van der Waals surface area contributed by atoms with Crippen molar-refractivity contribution in [2.45, 2.75) is 30.7 Å². The smallest absolute Gasteiger partial charge is 0.257 e. The van der Waals surface area contributed by atoms with Gasteiger partial charge in [-0.3, -0.25) is 9.78 Å². The minimum absolute atomic E-state index is 0.313. The Balaban J connectivity index is 1.57. The van der Waals surface area contributed by atoms with Crippen molar-refractivity contribution in [1.29, 1.82) is 5.26 Å². The standard InChI is InChI=1S/C23H20N4O2S/c1-14-10-16(7-8-21(14)29-17-4-3-9-25-13-17)26-22(28)18-11-20(15-5-6-15)27-23(30-2)19(18)12-24/h3-4,7-11,13,15H,5-6H2,1-2H3,(H,26,28). The monoisotopic (exact) mass is 416 g/mol. The lowest BCUT2D eigenvalue weighted by Crippen LogP contribution is -2.15. The van der Waals surface area contributed by atoms with Gasteiger partial charge < -0.3 is 10.1 Å². The number of hydrogen-bond acceptors (Lipinski definition) is 6. The van der Waals surface area contributed by atoms with Crippen molar-refractivity contribution in [1.82, 2.24) is 9.97 Å². The van der Waals surface area contributed by atoms with Crippen molar-refractivity contribution in [2.75, 3.05) is 11.6 Å². The van der Waals surface area contributed by atoms with Crippen LogP contribution in [0.3, 0.4) is 0 Å². The summed E-state index contributed by atoms with van der Waals surface area (Å²) in [5.41, 5.74) is 3.08. The maximum Gasteiger partial charge on any atom is 0.257 e. The molecule has 0 unspecified atom stereocenters. The lowest BCUT2D eigenvalue weighted by molar-refractivity contribution is 0.102. The molecular formula is C23H20N4O2S. The minimum atomic E-state index is -0.313. The van der Waals surface area contributed by atoms with Gasteiger partial charge in [0.1, 0.15) is 22.6 Å². The van der Waals surface area contributed by atoms with E-state index in [-0.39, 0.29) is 5.91 Å². The van der Waals surface area contributed by atoms with Gasteiger partial charge in [-0.2, -0.15) is 5.26 Å². The molecule has 0 atom stereocenters. The van der Waals surface area contributed by atoms with Crippen LogP contribution in [0.5, 0.6) is 11.5 Å². The molecule has 6 nitrogen and oxygen atoms in total. The van der Waals surface area contributed by atoms with E-state index in [0.717, 1.165) is 24.1 Å². The first kappa shape index (κ1) is 19.9. The van der Waals surface area contributed by atoms with Crippen molar-refractivity contribution in [3.05, 3.63) is 71.2 Å². The quantitative estimate of drug-likeness (QED) is 0.549. The van der Waals surface area contributed by atoms with Crippen LogP contribution in [-0.4, -0.2) is 22.1 Å². The van der Waals surface area contributed by atoms with E-state index in [9.17, 15) is 10.1 Å². The van der Waals surface area contributed by atoms with Crippen molar-refractivity contribution in [3.63, 3.8) is 0 Å². The Kier molecular flexibility index (Phi) is 5.68. The fourth-order valence-corrected chi connectivity index (χ4v) is 3.69. The lowest BCUT2D eigenvalue weighted by Gasteiger charge is -2.13. The van der Waals surface area contributed by atoms with Crippen LogP contribution < -0.4 is 10.1 Å². The molecule has 0 spiro atoms. The largest absolute Gasteiger partial charge is 0.455 e. The fraction of sp³-hybridized carbons (Fsp3) is 0.217. The first-order valence-corrected chi connectivity index (χ1v) is 10.8. The van der Waals surface area contributed by atoms with Crippen LogP contribution in [0.15, 0.2) is 53.8 Å². The molecule has 7 heteroatoms. The number of nitrogens with one attached hydrogen (secondary N) is 1. The minimum Gasteiger partial charge on any atom is -0.455 e. The third-order valence-electron chi connectivity index (χ3n) is 4.85. The van der Waals surface area contributed by atoms with Crippen LogP contribution in [0.2, 0.25) is 0 Å². The summed E-state index contributed by atoms with van der Waals surface area (Å²) in [6.07, 6.45) is 7.34. The summed E-state index contributed by atoms with van der Waals surface area (Å²) < 4.78 is 5.84. The third kappa shape index (κ3) is 4.29. The molecule has 0 bridgehead atoms. The molecule has 1 amide bonds. The molecule has 1 fully saturated rings.